The SMILES string of the molecule is CC(CCC1(O)OC2CC3C4CC=C5CC(OC6OC(CO)C(O)C(OC7OC(CO)C(O)C(OC8OC(CO)C(O)C(O)C8O)C7O)C6O)CCC5(C)C4CCC3(C)C2C1C)COC1OC(C)C(O)C(O)C1O. The van der Waals surface area contributed by atoms with Crippen molar-refractivity contribution in [3.05, 3.63) is 11.6 Å². The Morgan fingerprint density at radius 2 is 1.19 bits per heavy atom. The van der Waals surface area contributed by atoms with Gasteiger partial charge in [0.15, 0.2) is 30.9 Å². The van der Waals surface area contributed by atoms with Crippen LogP contribution >= 0.6 is 0 Å². The summed E-state index contributed by atoms with van der Waals surface area (Å²) in [5, 5.41) is 149. The van der Waals surface area contributed by atoms with Gasteiger partial charge in [0, 0.05) is 12.3 Å². The van der Waals surface area contributed by atoms with Crippen LogP contribution in [0.25, 0.3) is 0 Å². The second-order valence-electron chi connectivity index (χ2n) is 23.8. The van der Waals surface area contributed by atoms with Gasteiger partial charge in [-0.25, -0.2) is 0 Å². The highest BCUT2D eigenvalue weighted by atomic mass is 16.8. The molecule has 5 heterocycles. The number of aliphatic hydroxyl groups excluding tert-OH is 13. The Kier molecular flexibility index (Phi) is 17.4. The summed E-state index contributed by atoms with van der Waals surface area (Å²) in [6.45, 7) is 8.37. The largest absolute Gasteiger partial charge is 0.394 e. The van der Waals surface area contributed by atoms with Crippen molar-refractivity contribution in [2.24, 2.45) is 46.3 Å². The minimum Gasteiger partial charge on any atom is -0.394 e. The van der Waals surface area contributed by atoms with E-state index in [1.54, 1.807) is 6.92 Å². The van der Waals surface area contributed by atoms with Crippen LogP contribution in [0.15, 0.2) is 11.6 Å². The van der Waals surface area contributed by atoms with Gasteiger partial charge in [0.05, 0.1) is 44.7 Å². The summed E-state index contributed by atoms with van der Waals surface area (Å²) in [6.07, 6.45) is -22.4. The number of fused-ring (bicyclic) bond motifs is 7. The second kappa shape index (κ2) is 22.4. The summed E-state index contributed by atoms with van der Waals surface area (Å²) < 4.78 is 53.3. The van der Waals surface area contributed by atoms with Crippen molar-refractivity contribution in [2.75, 3.05) is 26.4 Å². The van der Waals surface area contributed by atoms with E-state index < -0.39 is 155 Å². The predicted octanol–water partition coefficient (Wildman–Crippen LogP) is -3.01. The zero-order valence-electron chi connectivity index (χ0n) is 42.9. The van der Waals surface area contributed by atoms with Gasteiger partial charge < -0.3 is 114 Å². The third kappa shape index (κ3) is 10.2. The Morgan fingerprint density at radius 3 is 1.80 bits per heavy atom. The van der Waals surface area contributed by atoms with Crippen LogP contribution in [-0.4, -0.2) is 239 Å². The molecular weight excluding hydrogens is 981 g/mol. The van der Waals surface area contributed by atoms with Gasteiger partial charge in [-0.3, -0.25) is 0 Å². The number of hydrogen-bond acceptors (Lipinski definition) is 23. The summed E-state index contributed by atoms with van der Waals surface area (Å²) in [5.74, 6) is -0.0686. The molecular formula is C51H84O23. The molecule has 0 aromatic rings. The highest BCUT2D eigenvalue weighted by Crippen LogP contribution is 2.70. The predicted molar refractivity (Wildman–Crippen MR) is 250 cm³/mol. The van der Waals surface area contributed by atoms with E-state index in [4.69, 9.17) is 42.6 Å². The Balaban J connectivity index is 0.809. The van der Waals surface area contributed by atoms with Crippen molar-refractivity contribution >= 4 is 0 Å². The van der Waals surface area contributed by atoms with Gasteiger partial charge in [0.1, 0.15) is 91.6 Å². The standard InChI is InChI=1S/C51H84O23/c1-20(19-66-45-39(61)37(59)33(55)22(3)67-45)8-13-51(65)21(2)32-28(74-51)15-27-25-7-6-23-14-24(9-11-49(23,4)26(25)10-12-50(27,32)5)68-47-41(63)43(35(57)30(17-53)70-47)73-48-42(64)44(36(58)31(18-54)71-48)72-46-40(62)38(60)34(56)29(16-52)69-46/h6,20-22,24-48,52-65H,7-19H2,1-5H3. The molecule has 0 aromatic carbocycles. The van der Waals surface area contributed by atoms with E-state index in [9.17, 15) is 71.5 Å². The minimum atomic E-state index is -1.95. The normalized spacial score (nSPS) is 54.9. The molecule has 23 heteroatoms. The fourth-order valence-electron chi connectivity index (χ4n) is 15.0. The van der Waals surface area contributed by atoms with Crippen molar-refractivity contribution < 1.29 is 114 Å². The molecule has 9 aliphatic rings. The molecule has 4 aliphatic carbocycles. The average Bonchev–Trinajstić information content (AvgIpc) is 3.82. The molecule has 23 nitrogen and oxygen atoms in total. The lowest BCUT2D eigenvalue weighted by Crippen LogP contribution is -2.67. The van der Waals surface area contributed by atoms with E-state index in [2.05, 4.69) is 26.8 Å². The fourth-order valence-corrected chi connectivity index (χ4v) is 15.0. The third-order valence-electron chi connectivity index (χ3n) is 19.5. The second-order valence-corrected chi connectivity index (χ2v) is 23.8. The van der Waals surface area contributed by atoms with Gasteiger partial charge in [-0.1, -0.05) is 39.3 Å². The summed E-state index contributed by atoms with van der Waals surface area (Å²) in [6, 6.07) is 0. The molecule has 0 spiro atoms. The van der Waals surface area contributed by atoms with Crippen molar-refractivity contribution in [1.82, 2.24) is 0 Å². The molecule has 426 valence electrons. The first kappa shape index (κ1) is 57.5. The van der Waals surface area contributed by atoms with Crippen molar-refractivity contribution in [3.63, 3.8) is 0 Å². The Bertz CT molecular complexity index is 1920. The van der Waals surface area contributed by atoms with E-state index in [0.717, 1.165) is 32.1 Å². The Morgan fingerprint density at radius 1 is 0.635 bits per heavy atom. The van der Waals surface area contributed by atoms with Gasteiger partial charge in [-0.15, -0.1) is 0 Å². The molecule has 5 saturated heterocycles. The van der Waals surface area contributed by atoms with Crippen LogP contribution in [0.3, 0.4) is 0 Å². The van der Waals surface area contributed by atoms with E-state index >= 15 is 0 Å². The zero-order valence-corrected chi connectivity index (χ0v) is 42.9. The lowest BCUT2D eigenvalue weighted by Gasteiger charge is -2.58. The van der Waals surface area contributed by atoms with Gasteiger partial charge in [-0.2, -0.15) is 0 Å². The van der Waals surface area contributed by atoms with Crippen LogP contribution in [0.4, 0.5) is 0 Å². The summed E-state index contributed by atoms with van der Waals surface area (Å²) in [4.78, 5) is 0. The minimum absolute atomic E-state index is 0.0194. The third-order valence-corrected chi connectivity index (χ3v) is 19.5. The summed E-state index contributed by atoms with van der Waals surface area (Å²) >= 11 is 0. The maximum Gasteiger partial charge on any atom is 0.187 e. The van der Waals surface area contributed by atoms with Crippen molar-refractivity contribution in [3.8, 4) is 0 Å². The smallest absolute Gasteiger partial charge is 0.187 e. The molecule has 5 aliphatic heterocycles. The quantitative estimate of drug-likeness (QED) is 0.0727. The highest BCUT2D eigenvalue weighted by Gasteiger charge is 2.68. The van der Waals surface area contributed by atoms with Crippen molar-refractivity contribution in [1.29, 1.82) is 0 Å². The number of rotatable bonds is 15. The van der Waals surface area contributed by atoms with Gasteiger partial charge >= 0.3 is 0 Å². The molecule has 3 saturated carbocycles. The molecule has 0 bridgehead atoms. The lowest BCUT2D eigenvalue weighted by molar-refractivity contribution is -0.382. The molecule has 8 fully saturated rings. The Labute approximate surface area is 430 Å². The van der Waals surface area contributed by atoms with Crippen LogP contribution in [0.5, 0.6) is 0 Å². The Hall–Kier alpha value is -1.18. The summed E-state index contributed by atoms with van der Waals surface area (Å²) in [5.41, 5.74) is 1.09. The van der Waals surface area contributed by atoms with Crippen molar-refractivity contribution in [2.45, 2.75) is 233 Å². The zero-order chi connectivity index (χ0) is 53.5. The van der Waals surface area contributed by atoms with Crippen LogP contribution in [0.2, 0.25) is 0 Å². The van der Waals surface area contributed by atoms with Crippen LogP contribution in [0.1, 0.15) is 92.4 Å². The molecule has 9 rings (SSSR count). The number of ether oxygens (including phenoxy) is 9. The van der Waals surface area contributed by atoms with Gasteiger partial charge in [0.25, 0.3) is 0 Å². The van der Waals surface area contributed by atoms with E-state index in [0.29, 0.717) is 43.4 Å². The lowest BCUT2D eigenvalue weighted by atomic mass is 9.47. The molecule has 0 amide bonds. The van der Waals surface area contributed by atoms with E-state index in [-0.39, 0.29) is 41.3 Å². The van der Waals surface area contributed by atoms with Crippen LogP contribution < -0.4 is 0 Å². The molecule has 0 aromatic heterocycles. The van der Waals surface area contributed by atoms with E-state index in [1.165, 1.54) is 5.57 Å². The number of hydrogen-bond donors (Lipinski definition) is 14. The average molecular weight is 1070 g/mol. The maximum atomic E-state index is 12.1. The topological polar surface area (TPSA) is 366 Å². The molecule has 74 heavy (non-hydrogen) atoms. The fraction of sp³-hybridized carbons (Fsp3) is 0.961. The highest BCUT2D eigenvalue weighted by molar-refractivity contribution is 5.26. The molecule has 31 unspecified atom stereocenters. The first-order valence-electron chi connectivity index (χ1n) is 26.9. The first-order chi connectivity index (χ1) is 35.0. The molecule has 0 radical (unpaired) electrons. The first-order valence-corrected chi connectivity index (χ1v) is 26.9. The van der Waals surface area contributed by atoms with E-state index in [1.807, 2.05) is 6.92 Å². The van der Waals surface area contributed by atoms with Gasteiger partial charge in [0.2, 0.25) is 0 Å². The monoisotopic (exact) mass is 1060 g/mol. The summed E-state index contributed by atoms with van der Waals surface area (Å²) in [7, 11) is 0. The molecule has 31 atom stereocenters. The molecule has 14 N–H and O–H groups in total. The van der Waals surface area contributed by atoms with Crippen LogP contribution in [0, 0.1) is 46.3 Å². The van der Waals surface area contributed by atoms with Crippen LogP contribution in [-0.2, 0) is 42.6 Å². The number of aliphatic hydroxyl groups is 14. The number of allylic oxidation sites excluding steroid dienone is 1. The van der Waals surface area contributed by atoms with Gasteiger partial charge in [-0.05, 0) is 98.7 Å². The maximum absolute atomic E-state index is 12.1.